The van der Waals surface area contributed by atoms with Gasteiger partial charge in [-0.25, -0.2) is 0 Å². The van der Waals surface area contributed by atoms with Crippen LogP contribution in [0.3, 0.4) is 0 Å². The molecule has 1 aliphatic carbocycles. The number of aromatic nitrogens is 1. The van der Waals surface area contributed by atoms with Gasteiger partial charge in [-0.15, -0.1) is 0 Å². The first-order valence-corrected chi connectivity index (χ1v) is 25.6. The second-order valence-electron chi connectivity index (χ2n) is 22.5. The van der Waals surface area contributed by atoms with Crippen LogP contribution in [0, 0.1) is 0 Å². The summed E-state index contributed by atoms with van der Waals surface area (Å²) in [6.45, 7) is 14.0. The summed E-state index contributed by atoms with van der Waals surface area (Å²) in [5, 5.41) is 10.1. The van der Waals surface area contributed by atoms with E-state index in [0.29, 0.717) is 0 Å². The lowest BCUT2D eigenvalue weighted by molar-refractivity contribution is 0.590. The Morgan fingerprint density at radius 1 is 0.333 bits per heavy atom. The minimum absolute atomic E-state index is 0.0468. The van der Waals surface area contributed by atoms with Gasteiger partial charge >= 0.3 is 0 Å². The van der Waals surface area contributed by atoms with Gasteiger partial charge in [0, 0.05) is 44.3 Å². The highest BCUT2D eigenvalue weighted by Crippen LogP contribution is 2.52. The molecule has 0 fully saturated rings. The van der Waals surface area contributed by atoms with Crippen LogP contribution in [-0.2, 0) is 10.8 Å². The lowest BCUT2D eigenvalue weighted by Crippen LogP contribution is -2.61. The van der Waals surface area contributed by atoms with Crippen molar-refractivity contribution in [2.45, 2.75) is 52.4 Å². The zero-order valence-corrected chi connectivity index (χ0v) is 41.5. The molecule has 0 saturated carbocycles. The molecular formula is C68H52BN3. The molecule has 3 heterocycles. The van der Waals surface area contributed by atoms with Crippen molar-refractivity contribution in [3.8, 4) is 27.9 Å². The van der Waals surface area contributed by atoms with E-state index in [9.17, 15) is 0 Å². The predicted molar refractivity (Wildman–Crippen MR) is 309 cm³/mol. The van der Waals surface area contributed by atoms with E-state index in [0.717, 1.165) is 5.69 Å². The van der Waals surface area contributed by atoms with Crippen molar-refractivity contribution in [3.63, 3.8) is 0 Å². The quantitative estimate of drug-likeness (QED) is 0.164. The smallest absolute Gasteiger partial charge is 0.252 e. The fourth-order valence-electron chi connectivity index (χ4n) is 13.0. The first-order chi connectivity index (χ1) is 35.0. The van der Waals surface area contributed by atoms with Gasteiger partial charge in [0.15, 0.2) is 0 Å². The highest BCUT2D eigenvalue weighted by atomic mass is 15.2. The van der Waals surface area contributed by atoms with E-state index in [1.807, 2.05) is 0 Å². The lowest BCUT2D eigenvalue weighted by Gasteiger charge is -2.45. The Morgan fingerprint density at radius 3 is 1.36 bits per heavy atom. The van der Waals surface area contributed by atoms with Gasteiger partial charge < -0.3 is 14.4 Å². The fraction of sp³-hybridized carbons (Fsp3) is 0.118. The van der Waals surface area contributed by atoms with E-state index in [2.05, 4.69) is 262 Å². The van der Waals surface area contributed by atoms with Gasteiger partial charge in [0.1, 0.15) is 0 Å². The fourth-order valence-corrected chi connectivity index (χ4v) is 13.0. The van der Waals surface area contributed by atoms with Crippen LogP contribution in [0.5, 0.6) is 0 Å². The summed E-state index contributed by atoms with van der Waals surface area (Å²) in [5.74, 6) is 0. The Balaban J connectivity index is 1.14. The van der Waals surface area contributed by atoms with Crippen molar-refractivity contribution in [1.29, 1.82) is 0 Å². The Labute approximate surface area is 421 Å². The van der Waals surface area contributed by atoms with Crippen LogP contribution in [0.2, 0.25) is 0 Å². The molecule has 0 saturated heterocycles. The Morgan fingerprint density at radius 2 is 0.792 bits per heavy atom. The second kappa shape index (κ2) is 14.6. The minimum Gasteiger partial charge on any atom is -0.311 e. The molecular weight excluding hydrogens is 870 g/mol. The SMILES string of the molecule is CC(C)(C)c1ccc2c(c1)B1c3cc(C(C)(C)C)ccc3N(c3cccc4ccccc34)c3cc(-n4c5cccc6c5c5c7c(cccc7ccc54)-c4ccccc4-6)cc(c31)N2c1cccc2ccccc12. The van der Waals surface area contributed by atoms with Crippen molar-refractivity contribution in [1.82, 2.24) is 4.57 Å². The molecule has 0 N–H and O–H groups in total. The molecule has 3 nitrogen and oxygen atoms in total. The third-order valence-corrected chi connectivity index (χ3v) is 16.4. The Bertz CT molecular complexity index is 4150. The number of hydrogen-bond donors (Lipinski definition) is 0. The van der Waals surface area contributed by atoms with Gasteiger partial charge in [-0.3, -0.25) is 0 Å². The zero-order chi connectivity index (χ0) is 48.4. The molecule has 12 aromatic rings. The van der Waals surface area contributed by atoms with Crippen molar-refractivity contribution in [3.05, 3.63) is 217 Å². The molecule has 0 radical (unpaired) electrons. The predicted octanol–water partition coefficient (Wildman–Crippen LogP) is 16.6. The monoisotopic (exact) mass is 921 g/mol. The van der Waals surface area contributed by atoms with E-state index in [-0.39, 0.29) is 17.5 Å². The molecule has 342 valence electrons. The average Bonchev–Trinajstić information content (AvgIpc) is 3.68. The summed E-state index contributed by atoms with van der Waals surface area (Å²) in [6.07, 6.45) is 0. The van der Waals surface area contributed by atoms with Gasteiger partial charge in [-0.05, 0) is 131 Å². The number of hydrogen-bond acceptors (Lipinski definition) is 2. The van der Waals surface area contributed by atoms with E-state index in [4.69, 9.17) is 0 Å². The van der Waals surface area contributed by atoms with Gasteiger partial charge in [0.05, 0.1) is 28.1 Å². The summed E-state index contributed by atoms with van der Waals surface area (Å²) in [6, 6.07) is 78.8. The molecule has 3 aliphatic rings. The highest BCUT2D eigenvalue weighted by Gasteiger charge is 2.45. The normalized spacial score (nSPS) is 13.6. The number of fused-ring (bicyclic) bond motifs is 9. The van der Waals surface area contributed by atoms with E-state index < -0.39 is 0 Å². The van der Waals surface area contributed by atoms with Crippen LogP contribution in [0.25, 0.3) is 82.1 Å². The molecule has 1 aromatic heterocycles. The van der Waals surface area contributed by atoms with Gasteiger partial charge in [-0.2, -0.15) is 0 Å². The number of anilines is 6. The van der Waals surface area contributed by atoms with E-state index >= 15 is 0 Å². The largest absolute Gasteiger partial charge is 0.311 e. The Hall–Kier alpha value is -8.34. The van der Waals surface area contributed by atoms with Crippen molar-refractivity contribution < 1.29 is 0 Å². The lowest BCUT2D eigenvalue weighted by atomic mass is 9.33. The molecule has 72 heavy (non-hydrogen) atoms. The second-order valence-corrected chi connectivity index (χ2v) is 22.5. The summed E-state index contributed by atoms with van der Waals surface area (Å²) in [5.41, 5.74) is 22.4. The standard InChI is InChI=1S/C68H52BN3/c1-67(2,3)44-32-35-57-53(37-44)69-54-38-45(68(4,5)6)33-36-58(54)72(56-29-15-20-42-18-8-10-23-48(42)56)62-40-46(39-61(66(62)69)71(57)55-28-14-19-41-17-7-9-22-47(41)55)70-59-30-16-27-52-50-25-12-11-24-49(50)51-26-13-21-43-31-34-60(70)65(63(43)51)64(52)59/h7-40H,1-6H3. The number of benzene rings is 11. The van der Waals surface area contributed by atoms with Crippen molar-refractivity contribution in [2.75, 3.05) is 9.80 Å². The van der Waals surface area contributed by atoms with Crippen molar-refractivity contribution in [2.24, 2.45) is 0 Å². The van der Waals surface area contributed by atoms with Crippen LogP contribution in [0.4, 0.5) is 34.1 Å². The summed E-state index contributed by atoms with van der Waals surface area (Å²) in [4.78, 5) is 5.24. The van der Waals surface area contributed by atoms with Crippen LogP contribution in [0.15, 0.2) is 206 Å². The number of nitrogens with zero attached hydrogens (tertiary/aromatic N) is 3. The first-order valence-electron chi connectivity index (χ1n) is 25.6. The van der Waals surface area contributed by atoms with Gasteiger partial charge in [-0.1, -0.05) is 199 Å². The molecule has 0 spiro atoms. The van der Waals surface area contributed by atoms with E-state index in [1.54, 1.807) is 0 Å². The summed E-state index contributed by atoms with van der Waals surface area (Å²) in [7, 11) is 0. The third kappa shape index (κ3) is 5.69. The van der Waals surface area contributed by atoms with Gasteiger partial charge in [0.2, 0.25) is 0 Å². The molecule has 4 heteroatoms. The molecule has 0 amide bonds. The average molecular weight is 922 g/mol. The van der Waals surface area contributed by atoms with Crippen LogP contribution < -0.4 is 26.2 Å². The highest BCUT2D eigenvalue weighted by molar-refractivity contribution is 7.00. The molecule has 2 aliphatic heterocycles. The molecule has 15 rings (SSSR count). The molecule has 0 bridgehead atoms. The van der Waals surface area contributed by atoms with Crippen LogP contribution >= 0.6 is 0 Å². The third-order valence-electron chi connectivity index (χ3n) is 16.4. The van der Waals surface area contributed by atoms with E-state index in [1.165, 1.54) is 138 Å². The maximum atomic E-state index is 2.62. The topological polar surface area (TPSA) is 11.4 Å². The molecule has 0 atom stereocenters. The maximum absolute atomic E-state index is 2.62. The zero-order valence-electron chi connectivity index (χ0n) is 41.5. The van der Waals surface area contributed by atoms with Crippen LogP contribution in [0.1, 0.15) is 52.7 Å². The minimum atomic E-state index is -0.0610. The molecule has 0 unspecified atom stereocenters. The number of rotatable bonds is 3. The summed E-state index contributed by atoms with van der Waals surface area (Å²) < 4.78 is 2.59. The maximum Gasteiger partial charge on any atom is 0.252 e. The Kier molecular flexibility index (Phi) is 8.42. The molecule has 11 aromatic carbocycles. The van der Waals surface area contributed by atoms with Crippen LogP contribution in [-0.4, -0.2) is 11.3 Å². The summed E-state index contributed by atoms with van der Waals surface area (Å²) >= 11 is 0. The van der Waals surface area contributed by atoms with Crippen molar-refractivity contribution >= 4 is 111 Å². The first kappa shape index (κ1) is 41.4. The van der Waals surface area contributed by atoms with Gasteiger partial charge in [0.25, 0.3) is 6.71 Å².